The lowest BCUT2D eigenvalue weighted by Crippen LogP contribution is -2.30. The van der Waals surface area contributed by atoms with E-state index in [-0.39, 0.29) is 25.7 Å². The minimum absolute atomic E-state index is 0.107. The molecule has 0 fully saturated rings. The molecule has 0 rings (SSSR count). The highest BCUT2D eigenvalue weighted by Gasteiger charge is 2.30. The molecular weight excluding hydrogens is 1330 g/mol. The van der Waals surface area contributed by atoms with E-state index in [1.54, 1.807) is 0 Å². The number of carbonyl (C=O) groups is 4. The zero-order valence-electron chi connectivity index (χ0n) is 67.1. The van der Waals surface area contributed by atoms with Gasteiger partial charge in [0, 0.05) is 25.7 Å². The summed E-state index contributed by atoms with van der Waals surface area (Å²) in [6.07, 6.45) is 62.2. The molecule has 0 heterocycles. The Labute approximate surface area is 626 Å². The maximum Gasteiger partial charge on any atom is 0.472 e. The number of hydrogen-bond donors (Lipinski definition) is 3. The van der Waals surface area contributed by atoms with Crippen LogP contribution in [0.2, 0.25) is 0 Å². The van der Waals surface area contributed by atoms with Crippen molar-refractivity contribution in [2.75, 3.05) is 39.6 Å². The number of esters is 4. The van der Waals surface area contributed by atoms with Gasteiger partial charge < -0.3 is 33.8 Å². The van der Waals surface area contributed by atoms with Gasteiger partial charge in [0.15, 0.2) is 12.2 Å². The summed E-state index contributed by atoms with van der Waals surface area (Å²) in [4.78, 5) is 73.2. The van der Waals surface area contributed by atoms with Gasteiger partial charge >= 0.3 is 39.5 Å². The van der Waals surface area contributed by atoms with Crippen LogP contribution in [0.15, 0.2) is 0 Å². The fraction of sp³-hybridized carbons (Fsp3) is 0.952. The van der Waals surface area contributed by atoms with Gasteiger partial charge in [-0.15, -0.1) is 0 Å². The third kappa shape index (κ3) is 74.9. The highest BCUT2D eigenvalue weighted by molar-refractivity contribution is 7.47. The summed E-state index contributed by atoms with van der Waals surface area (Å²) in [6.45, 7) is 12.0. The lowest BCUT2D eigenvalue weighted by molar-refractivity contribution is -0.161. The zero-order chi connectivity index (χ0) is 75.1. The first-order valence-corrected chi connectivity index (χ1v) is 45.9. The molecule has 19 heteroatoms. The third-order valence-corrected chi connectivity index (χ3v) is 21.6. The first kappa shape index (κ1) is 100. The molecule has 0 aliphatic rings. The lowest BCUT2D eigenvalue weighted by atomic mass is 9.99. The molecule has 0 radical (unpaired) electrons. The molecule has 0 aromatic rings. The van der Waals surface area contributed by atoms with Crippen LogP contribution in [0.5, 0.6) is 0 Å². The van der Waals surface area contributed by atoms with E-state index in [0.29, 0.717) is 25.7 Å². The number of carbonyl (C=O) groups excluding carboxylic acids is 4. The Balaban J connectivity index is 5.27. The largest absolute Gasteiger partial charge is 0.472 e. The van der Waals surface area contributed by atoms with Crippen LogP contribution in [0.4, 0.5) is 0 Å². The van der Waals surface area contributed by atoms with Crippen molar-refractivity contribution < 1.29 is 80.2 Å². The molecule has 3 N–H and O–H groups in total. The summed E-state index contributed by atoms with van der Waals surface area (Å²) >= 11 is 0. The molecule has 17 nitrogen and oxygen atoms in total. The van der Waals surface area contributed by atoms with Gasteiger partial charge in [0.05, 0.1) is 26.4 Å². The number of unbranched alkanes of at least 4 members (excludes halogenated alkanes) is 48. The van der Waals surface area contributed by atoms with Crippen LogP contribution in [0.25, 0.3) is 0 Å². The topological polar surface area (TPSA) is 237 Å². The van der Waals surface area contributed by atoms with Crippen molar-refractivity contribution in [3.63, 3.8) is 0 Å². The summed E-state index contributed by atoms with van der Waals surface area (Å²) in [5.74, 6) is 0.304. The van der Waals surface area contributed by atoms with Gasteiger partial charge in [-0.05, 0) is 43.4 Å². The molecule has 0 saturated carbocycles. The Hall–Kier alpha value is -1.94. The van der Waals surface area contributed by atoms with Crippen LogP contribution < -0.4 is 0 Å². The van der Waals surface area contributed by atoms with E-state index in [4.69, 9.17) is 37.0 Å². The molecule has 0 amide bonds. The molecule has 6 atom stereocenters. The van der Waals surface area contributed by atoms with Gasteiger partial charge in [-0.25, -0.2) is 9.13 Å². The summed E-state index contributed by atoms with van der Waals surface area (Å²) in [5.41, 5.74) is 0. The third-order valence-electron chi connectivity index (χ3n) is 19.7. The van der Waals surface area contributed by atoms with Crippen molar-refractivity contribution in [2.24, 2.45) is 17.8 Å². The number of aliphatic hydroxyl groups is 1. The molecule has 0 aliphatic carbocycles. The Kier molecular flexibility index (Phi) is 71.8. The monoisotopic (exact) mass is 1490 g/mol. The second-order valence-corrected chi connectivity index (χ2v) is 34.0. The van der Waals surface area contributed by atoms with Crippen LogP contribution >= 0.6 is 15.6 Å². The van der Waals surface area contributed by atoms with E-state index in [1.807, 2.05) is 0 Å². The van der Waals surface area contributed by atoms with E-state index in [9.17, 15) is 43.2 Å². The Morgan fingerprint density at radius 1 is 0.284 bits per heavy atom. The average Bonchev–Trinajstić information content (AvgIpc) is 0.921. The van der Waals surface area contributed by atoms with Gasteiger partial charge in [-0.1, -0.05) is 382 Å². The molecule has 0 bridgehead atoms. The average molecular weight is 1490 g/mol. The van der Waals surface area contributed by atoms with Crippen molar-refractivity contribution in [2.45, 2.75) is 452 Å². The van der Waals surface area contributed by atoms with Crippen molar-refractivity contribution in [1.29, 1.82) is 0 Å². The molecule has 0 spiro atoms. The Morgan fingerprint density at radius 2 is 0.500 bits per heavy atom. The number of rotatable bonds is 81. The fourth-order valence-electron chi connectivity index (χ4n) is 12.8. The molecule has 3 unspecified atom stereocenters. The van der Waals surface area contributed by atoms with E-state index in [1.165, 1.54) is 244 Å². The van der Waals surface area contributed by atoms with Crippen LogP contribution in [-0.2, 0) is 65.4 Å². The predicted molar refractivity (Wildman–Crippen MR) is 418 cm³/mol. The van der Waals surface area contributed by atoms with Gasteiger partial charge in [0.2, 0.25) is 0 Å². The molecule has 606 valence electrons. The van der Waals surface area contributed by atoms with Gasteiger partial charge in [0.1, 0.15) is 19.3 Å². The Morgan fingerprint density at radius 3 is 0.745 bits per heavy atom. The van der Waals surface area contributed by atoms with Crippen molar-refractivity contribution >= 4 is 39.5 Å². The summed E-state index contributed by atoms with van der Waals surface area (Å²) in [5, 5.41) is 10.7. The van der Waals surface area contributed by atoms with Crippen LogP contribution in [0.3, 0.4) is 0 Å². The normalized spacial score (nSPS) is 14.2. The van der Waals surface area contributed by atoms with Crippen LogP contribution in [-0.4, -0.2) is 96.7 Å². The molecule has 0 aromatic carbocycles. The first-order valence-electron chi connectivity index (χ1n) is 42.9. The van der Waals surface area contributed by atoms with Crippen LogP contribution in [0.1, 0.15) is 434 Å². The SMILES string of the molecule is CCCCCCCCCCCCCCCC(=O)OC[C@H](COP(=O)(O)OC[C@H](O)COP(=O)(O)OC[C@@H](COC(=O)CCCCCCCCCCCCCCCCC(C)C)OC(=O)CCCCCCCCCCCCCCCCC(C)CC)OC(=O)CCCCCCCCCCCCCC(C)C. The number of hydrogen-bond acceptors (Lipinski definition) is 15. The lowest BCUT2D eigenvalue weighted by Gasteiger charge is -2.21. The molecule has 0 saturated heterocycles. The summed E-state index contributed by atoms with van der Waals surface area (Å²) in [6, 6.07) is 0. The number of ether oxygens (including phenoxy) is 4. The van der Waals surface area contributed by atoms with Crippen molar-refractivity contribution in [3.8, 4) is 0 Å². The van der Waals surface area contributed by atoms with E-state index in [0.717, 1.165) is 108 Å². The van der Waals surface area contributed by atoms with E-state index >= 15 is 0 Å². The zero-order valence-corrected chi connectivity index (χ0v) is 68.9. The first-order chi connectivity index (χ1) is 49.3. The molecule has 0 aromatic heterocycles. The molecule has 0 aliphatic heterocycles. The number of phosphoric ester groups is 2. The summed E-state index contributed by atoms with van der Waals surface area (Å²) < 4.78 is 68.8. The van der Waals surface area contributed by atoms with Gasteiger partial charge in [-0.3, -0.25) is 37.3 Å². The van der Waals surface area contributed by atoms with Gasteiger partial charge in [0.25, 0.3) is 0 Å². The maximum absolute atomic E-state index is 13.1. The highest BCUT2D eigenvalue weighted by atomic mass is 31.2. The fourth-order valence-corrected chi connectivity index (χ4v) is 14.4. The minimum Gasteiger partial charge on any atom is -0.462 e. The standard InChI is InChI=1S/C83H162O17P2/c1-8-10-11-12-13-14-15-20-29-36-43-50-57-64-80(85)93-71-79(100-83(88)67-60-53-46-39-32-25-27-34-41-48-55-62-75(5)6)73-98-102(91,92)96-69-77(84)68-95-101(89,90)97-72-78(70-94-81(86)65-58-51-44-37-30-23-18-16-21-26-33-40-47-54-61-74(3)4)99-82(87)66-59-52-45-38-31-24-19-17-22-28-35-42-49-56-63-76(7)9-2/h74-79,84H,8-73H2,1-7H3,(H,89,90)(H,91,92)/t76?,77-,78-,79-/m1/s1. The molecular formula is C83H162O17P2. The molecule has 102 heavy (non-hydrogen) atoms. The minimum atomic E-state index is -4.96. The number of phosphoric acid groups is 2. The summed E-state index contributed by atoms with van der Waals surface area (Å²) in [7, 11) is -9.93. The second kappa shape index (κ2) is 73.2. The maximum atomic E-state index is 13.1. The van der Waals surface area contributed by atoms with E-state index in [2.05, 4.69) is 48.5 Å². The highest BCUT2D eigenvalue weighted by Crippen LogP contribution is 2.45. The predicted octanol–water partition coefficient (Wildman–Crippen LogP) is 24.9. The smallest absolute Gasteiger partial charge is 0.462 e. The van der Waals surface area contributed by atoms with E-state index < -0.39 is 97.5 Å². The van der Waals surface area contributed by atoms with Crippen molar-refractivity contribution in [1.82, 2.24) is 0 Å². The second-order valence-electron chi connectivity index (χ2n) is 31.1. The number of aliphatic hydroxyl groups excluding tert-OH is 1. The van der Waals surface area contributed by atoms with Gasteiger partial charge in [-0.2, -0.15) is 0 Å². The van der Waals surface area contributed by atoms with Crippen LogP contribution in [0, 0.1) is 17.8 Å². The Bertz CT molecular complexity index is 1980. The quantitative estimate of drug-likeness (QED) is 0.0222. The van der Waals surface area contributed by atoms with Crippen molar-refractivity contribution in [3.05, 3.63) is 0 Å².